The van der Waals surface area contributed by atoms with Gasteiger partial charge in [0.15, 0.2) is 6.10 Å². The fourth-order valence-electron chi connectivity index (χ4n) is 5.31. The molecule has 0 aromatic carbocycles. The van der Waals surface area contributed by atoms with Gasteiger partial charge in [-0.3, -0.25) is 18.6 Å². The van der Waals surface area contributed by atoms with Gasteiger partial charge in [0.2, 0.25) is 0 Å². The Balaban J connectivity index is 4.36. The lowest BCUT2D eigenvalue weighted by molar-refractivity contribution is -0.870. The molecule has 1 N–H and O–H groups in total. The van der Waals surface area contributed by atoms with Crippen molar-refractivity contribution < 1.29 is 42.1 Å². The highest BCUT2D eigenvalue weighted by molar-refractivity contribution is 7.47. The van der Waals surface area contributed by atoms with E-state index in [-0.39, 0.29) is 25.6 Å². The van der Waals surface area contributed by atoms with E-state index in [9.17, 15) is 19.0 Å². The number of phosphoric acid groups is 1. The molecule has 0 saturated carbocycles. The lowest BCUT2D eigenvalue weighted by atomic mass is 10.0. The summed E-state index contributed by atoms with van der Waals surface area (Å²) in [6.45, 7) is 4.40. The second-order valence-corrected chi connectivity index (χ2v) is 15.8. The molecule has 0 saturated heterocycles. The van der Waals surface area contributed by atoms with Crippen LogP contribution >= 0.6 is 7.82 Å². The largest absolute Gasteiger partial charge is 0.472 e. The molecule has 0 aliphatic heterocycles. The van der Waals surface area contributed by atoms with Crippen LogP contribution in [0.4, 0.5) is 0 Å². The highest BCUT2D eigenvalue weighted by Gasteiger charge is 2.27. The van der Waals surface area contributed by atoms with Crippen molar-refractivity contribution in [1.29, 1.82) is 0 Å². The molecule has 0 aliphatic rings. The van der Waals surface area contributed by atoms with Gasteiger partial charge in [0.25, 0.3) is 0 Å². The van der Waals surface area contributed by atoms with Crippen molar-refractivity contribution in [1.82, 2.24) is 0 Å². The van der Waals surface area contributed by atoms with Gasteiger partial charge in [0.05, 0.1) is 27.7 Å². The Labute approximate surface area is 289 Å². The number of phosphoric ester groups is 1. The van der Waals surface area contributed by atoms with Gasteiger partial charge in [-0.15, -0.1) is 0 Å². The molecule has 0 spiro atoms. The zero-order chi connectivity index (χ0) is 35.1. The predicted molar refractivity (Wildman–Crippen MR) is 192 cm³/mol. The Bertz CT molecular complexity index is 789. The first-order chi connectivity index (χ1) is 22.5. The summed E-state index contributed by atoms with van der Waals surface area (Å²) in [6, 6.07) is 0. The van der Waals surface area contributed by atoms with Crippen molar-refractivity contribution in [3.63, 3.8) is 0 Å². The molecule has 0 aromatic heterocycles. The molecule has 0 bridgehead atoms. The van der Waals surface area contributed by atoms with Crippen LogP contribution < -0.4 is 0 Å². The van der Waals surface area contributed by atoms with E-state index in [2.05, 4.69) is 13.8 Å². The van der Waals surface area contributed by atoms with Crippen molar-refractivity contribution in [2.75, 3.05) is 47.5 Å². The van der Waals surface area contributed by atoms with Crippen LogP contribution in [0.15, 0.2) is 0 Å². The molecule has 47 heavy (non-hydrogen) atoms. The summed E-state index contributed by atoms with van der Waals surface area (Å²) in [6.07, 6.45) is 27.3. The van der Waals surface area contributed by atoms with E-state index < -0.39 is 26.5 Å². The summed E-state index contributed by atoms with van der Waals surface area (Å²) in [5.74, 6) is -0.794. The summed E-state index contributed by atoms with van der Waals surface area (Å²) in [5, 5.41) is 0. The second-order valence-electron chi connectivity index (χ2n) is 14.3. The van der Waals surface area contributed by atoms with Crippen LogP contribution in [0.25, 0.3) is 0 Å². The quantitative estimate of drug-likeness (QED) is 0.0303. The first-order valence-corrected chi connectivity index (χ1v) is 20.8. The van der Waals surface area contributed by atoms with Crippen LogP contribution in [0.1, 0.15) is 174 Å². The summed E-state index contributed by atoms with van der Waals surface area (Å²) in [5.41, 5.74) is 0. The molecule has 0 heterocycles. The van der Waals surface area contributed by atoms with Gasteiger partial charge in [-0.1, -0.05) is 149 Å². The molecule has 9 nitrogen and oxygen atoms in total. The number of esters is 2. The molecular formula is C37H75NO8P+. The monoisotopic (exact) mass is 693 g/mol. The Morgan fingerprint density at radius 3 is 1.36 bits per heavy atom. The third-order valence-electron chi connectivity index (χ3n) is 8.39. The number of quaternary nitrogens is 1. The third kappa shape index (κ3) is 34.7. The van der Waals surface area contributed by atoms with Crippen molar-refractivity contribution in [3.05, 3.63) is 0 Å². The van der Waals surface area contributed by atoms with Crippen LogP contribution in [0.2, 0.25) is 0 Å². The van der Waals surface area contributed by atoms with Gasteiger partial charge in [0.1, 0.15) is 19.8 Å². The van der Waals surface area contributed by atoms with E-state index in [0.717, 1.165) is 38.5 Å². The van der Waals surface area contributed by atoms with Gasteiger partial charge < -0.3 is 18.9 Å². The Morgan fingerprint density at radius 1 is 0.574 bits per heavy atom. The van der Waals surface area contributed by atoms with Gasteiger partial charge in [-0.05, 0) is 12.8 Å². The maximum Gasteiger partial charge on any atom is 0.472 e. The highest BCUT2D eigenvalue weighted by atomic mass is 31.2. The molecule has 1 unspecified atom stereocenters. The SMILES string of the molecule is CCCCCCCCCCCCCCCCCC(=O)O[C@@H](COC(=O)CCCCCCCCCC)COP(=O)(O)OCC[N+](C)(C)C. The van der Waals surface area contributed by atoms with E-state index in [1.54, 1.807) is 0 Å². The van der Waals surface area contributed by atoms with E-state index in [1.165, 1.54) is 109 Å². The smallest absolute Gasteiger partial charge is 0.462 e. The van der Waals surface area contributed by atoms with Crippen LogP contribution in [0.5, 0.6) is 0 Å². The van der Waals surface area contributed by atoms with Gasteiger partial charge in [-0.2, -0.15) is 0 Å². The van der Waals surface area contributed by atoms with E-state index in [1.807, 2.05) is 21.1 Å². The van der Waals surface area contributed by atoms with Crippen molar-refractivity contribution in [2.45, 2.75) is 180 Å². The van der Waals surface area contributed by atoms with Crippen molar-refractivity contribution in [3.8, 4) is 0 Å². The average Bonchev–Trinajstić information content (AvgIpc) is 3.01. The van der Waals surface area contributed by atoms with E-state index in [0.29, 0.717) is 17.4 Å². The molecule has 0 fully saturated rings. The van der Waals surface area contributed by atoms with Crippen molar-refractivity contribution in [2.24, 2.45) is 0 Å². The number of carbonyl (C=O) groups is 2. The zero-order valence-electron chi connectivity index (χ0n) is 31.3. The third-order valence-corrected chi connectivity index (χ3v) is 9.37. The maximum atomic E-state index is 12.6. The van der Waals surface area contributed by atoms with Crippen LogP contribution in [0, 0.1) is 0 Å². The summed E-state index contributed by atoms with van der Waals surface area (Å²) in [4.78, 5) is 35.0. The minimum absolute atomic E-state index is 0.0362. The number of unbranched alkanes of at least 4 members (excludes halogenated alkanes) is 21. The Kier molecular flexibility index (Phi) is 30.4. The summed E-state index contributed by atoms with van der Waals surface area (Å²) >= 11 is 0. The highest BCUT2D eigenvalue weighted by Crippen LogP contribution is 2.43. The second kappa shape index (κ2) is 31.0. The van der Waals surface area contributed by atoms with Gasteiger partial charge >= 0.3 is 19.8 Å². The first kappa shape index (κ1) is 46.0. The molecule has 0 rings (SSSR count). The normalized spacial score (nSPS) is 13.7. The molecule has 0 amide bonds. The lowest BCUT2D eigenvalue weighted by Crippen LogP contribution is -2.37. The fourth-order valence-corrected chi connectivity index (χ4v) is 6.05. The predicted octanol–water partition coefficient (Wildman–Crippen LogP) is 10.1. The topological polar surface area (TPSA) is 108 Å². The number of hydrogen-bond acceptors (Lipinski definition) is 7. The molecule has 10 heteroatoms. The van der Waals surface area contributed by atoms with E-state index in [4.69, 9.17) is 18.5 Å². The first-order valence-electron chi connectivity index (χ1n) is 19.3. The number of likely N-dealkylation sites (N-methyl/N-ethyl adjacent to an activating group) is 1. The maximum absolute atomic E-state index is 12.6. The zero-order valence-corrected chi connectivity index (χ0v) is 32.2. The van der Waals surface area contributed by atoms with Crippen molar-refractivity contribution >= 4 is 19.8 Å². The fraction of sp³-hybridized carbons (Fsp3) is 0.946. The number of ether oxygens (including phenoxy) is 2. The van der Waals surface area contributed by atoms with Gasteiger partial charge in [0, 0.05) is 12.8 Å². The Morgan fingerprint density at radius 2 is 0.957 bits per heavy atom. The Hall–Kier alpha value is -0.990. The standard InChI is InChI=1S/C37H74NO8P/c1-6-8-10-12-14-16-17-18-19-20-21-22-24-26-28-30-37(40)46-35(34-45-47(41,42)44-32-31-38(3,4)5)33-43-36(39)29-27-25-23-15-13-11-9-7-2/h35H,6-34H2,1-5H3/p+1/t35-/m0/s1. The summed E-state index contributed by atoms with van der Waals surface area (Å²) < 4.78 is 34.1. The average molecular weight is 693 g/mol. The number of nitrogens with zero attached hydrogens (tertiary/aromatic N) is 1. The summed E-state index contributed by atoms with van der Waals surface area (Å²) in [7, 11) is 1.49. The molecule has 0 aliphatic carbocycles. The molecule has 280 valence electrons. The van der Waals surface area contributed by atoms with E-state index >= 15 is 0 Å². The van der Waals surface area contributed by atoms with Gasteiger partial charge in [-0.25, -0.2) is 4.57 Å². The number of carbonyl (C=O) groups excluding carboxylic acids is 2. The molecule has 0 radical (unpaired) electrons. The number of hydrogen-bond donors (Lipinski definition) is 1. The minimum atomic E-state index is -4.35. The molecular weight excluding hydrogens is 617 g/mol. The lowest BCUT2D eigenvalue weighted by Gasteiger charge is -2.24. The molecule has 0 aromatic rings. The molecule has 2 atom stereocenters. The van der Waals surface area contributed by atoms with Crippen LogP contribution in [0.3, 0.4) is 0 Å². The number of rotatable bonds is 35. The van der Waals surface area contributed by atoms with Crippen LogP contribution in [-0.4, -0.2) is 74.9 Å². The van der Waals surface area contributed by atoms with Crippen LogP contribution in [-0.2, 0) is 32.7 Å². The minimum Gasteiger partial charge on any atom is -0.462 e.